The van der Waals surface area contributed by atoms with E-state index in [1.165, 1.54) is 11.1 Å². The van der Waals surface area contributed by atoms with Crippen molar-refractivity contribution in [3.8, 4) is 5.75 Å². The molecule has 0 aromatic heterocycles. The lowest BCUT2D eigenvalue weighted by molar-refractivity contribution is 0.339. The van der Waals surface area contributed by atoms with E-state index in [4.69, 9.17) is 4.74 Å². The van der Waals surface area contributed by atoms with Gasteiger partial charge < -0.3 is 4.74 Å². The van der Waals surface area contributed by atoms with E-state index >= 15 is 0 Å². The molecule has 1 nitrogen and oxygen atoms in total. The third-order valence-electron chi connectivity index (χ3n) is 2.74. The smallest absolute Gasteiger partial charge is 0.127 e. The van der Waals surface area contributed by atoms with Crippen molar-refractivity contribution in [3.05, 3.63) is 41.5 Å². The zero-order valence-corrected chi connectivity index (χ0v) is 11.1. The number of rotatable bonds is 6. The molecule has 0 aliphatic heterocycles. The topological polar surface area (TPSA) is 9.23 Å². The van der Waals surface area contributed by atoms with Crippen LogP contribution in [0, 0.1) is 0 Å². The van der Waals surface area contributed by atoms with Crippen molar-refractivity contribution in [1.82, 2.24) is 0 Å². The summed E-state index contributed by atoms with van der Waals surface area (Å²) in [7, 11) is 0. The Labute approximate surface area is 105 Å². The van der Waals surface area contributed by atoms with Gasteiger partial charge in [-0.1, -0.05) is 44.7 Å². The Kier molecular flexibility index (Phi) is 5.55. The lowest BCUT2D eigenvalue weighted by atomic mass is 9.97. The van der Waals surface area contributed by atoms with Gasteiger partial charge in [-0.05, 0) is 37.0 Å². The number of aryl methyl sites for hydroxylation is 1. The zero-order valence-electron chi connectivity index (χ0n) is 11.1. The van der Waals surface area contributed by atoms with Crippen LogP contribution in [-0.4, -0.2) is 6.61 Å². The van der Waals surface area contributed by atoms with Crippen LogP contribution in [0.3, 0.4) is 0 Å². The zero-order chi connectivity index (χ0) is 12.7. The van der Waals surface area contributed by atoms with Gasteiger partial charge in [0.1, 0.15) is 5.75 Å². The fraction of sp³-hybridized carbons (Fsp3) is 0.375. The van der Waals surface area contributed by atoms with Gasteiger partial charge in [0.25, 0.3) is 0 Å². The maximum atomic E-state index is 5.64. The van der Waals surface area contributed by atoms with E-state index in [2.05, 4.69) is 38.6 Å². The van der Waals surface area contributed by atoms with Gasteiger partial charge in [-0.15, -0.1) is 0 Å². The van der Waals surface area contributed by atoms with Gasteiger partial charge >= 0.3 is 0 Å². The number of hydrogen-bond donors (Lipinski definition) is 0. The minimum Gasteiger partial charge on any atom is -0.493 e. The van der Waals surface area contributed by atoms with Crippen LogP contribution in [0.4, 0.5) is 0 Å². The highest BCUT2D eigenvalue weighted by Gasteiger charge is 2.08. The molecule has 1 heteroatoms. The van der Waals surface area contributed by atoms with E-state index in [0.717, 1.165) is 24.2 Å². The Balaban J connectivity index is 3.31. The quantitative estimate of drug-likeness (QED) is 0.687. The Morgan fingerprint density at radius 2 is 1.94 bits per heavy atom. The molecule has 92 valence electrons. The summed E-state index contributed by atoms with van der Waals surface area (Å²) in [4.78, 5) is 0. The summed E-state index contributed by atoms with van der Waals surface area (Å²) in [5.74, 6) is 0.926. The summed E-state index contributed by atoms with van der Waals surface area (Å²) in [6, 6.07) is 4.19. The summed E-state index contributed by atoms with van der Waals surface area (Å²) < 4.78 is 5.64. The van der Waals surface area contributed by atoms with Crippen molar-refractivity contribution in [3.63, 3.8) is 0 Å². The van der Waals surface area contributed by atoms with Crippen LogP contribution in [0.5, 0.6) is 5.75 Å². The second kappa shape index (κ2) is 6.95. The first kappa shape index (κ1) is 13.6. The van der Waals surface area contributed by atoms with E-state index in [1.54, 1.807) is 0 Å². The third-order valence-corrected chi connectivity index (χ3v) is 2.74. The molecule has 0 bridgehead atoms. The SMILES string of the molecule is C=Cc1c(OCC)ccc(CC)c1/C=C\CC. The molecule has 0 spiro atoms. The maximum Gasteiger partial charge on any atom is 0.127 e. The average molecular weight is 230 g/mol. The number of ether oxygens (including phenoxy) is 1. The van der Waals surface area contributed by atoms with Gasteiger partial charge in [0.15, 0.2) is 0 Å². The van der Waals surface area contributed by atoms with E-state index in [1.807, 2.05) is 19.1 Å². The Bertz CT molecular complexity index is 402. The Morgan fingerprint density at radius 3 is 2.47 bits per heavy atom. The Hall–Kier alpha value is -1.50. The highest BCUT2D eigenvalue weighted by Crippen LogP contribution is 2.28. The Morgan fingerprint density at radius 1 is 1.18 bits per heavy atom. The highest BCUT2D eigenvalue weighted by molar-refractivity contribution is 5.72. The van der Waals surface area contributed by atoms with E-state index in [0.29, 0.717) is 6.61 Å². The molecule has 0 aliphatic carbocycles. The van der Waals surface area contributed by atoms with Crippen LogP contribution < -0.4 is 4.74 Å². The van der Waals surface area contributed by atoms with Crippen LogP contribution in [-0.2, 0) is 6.42 Å². The fourth-order valence-corrected chi connectivity index (χ4v) is 1.89. The van der Waals surface area contributed by atoms with Crippen molar-refractivity contribution in [1.29, 1.82) is 0 Å². The van der Waals surface area contributed by atoms with Gasteiger partial charge in [-0.2, -0.15) is 0 Å². The molecule has 0 heterocycles. The predicted molar refractivity (Wildman–Crippen MR) is 76.4 cm³/mol. The molecule has 0 aliphatic rings. The molecule has 0 unspecified atom stereocenters. The first-order valence-corrected chi connectivity index (χ1v) is 6.36. The maximum absolute atomic E-state index is 5.64. The molecule has 1 aromatic carbocycles. The van der Waals surface area contributed by atoms with Crippen LogP contribution >= 0.6 is 0 Å². The average Bonchev–Trinajstić information content (AvgIpc) is 2.36. The minimum absolute atomic E-state index is 0.684. The largest absolute Gasteiger partial charge is 0.493 e. The third kappa shape index (κ3) is 3.23. The normalized spacial score (nSPS) is 10.8. The summed E-state index contributed by atoms with van der Waals surface area (Å²) in [6.45, 7) is 10.9. The second-order valence-electron chi connectivity index (χ2n) is 3.85. The summed E-state index contributed by atoms with van der Waals surface area (Å²) in [6.07, 6.45) is 8.31. The summed E-state index contributed by atoms with van der Waals surface area (Å²) >= 11 is 0. The second-order valence-corrected chi connectivity index (χ2v) is 3.85. The number of hydrogen-bond acceptors (Lipinski definition) is 1. The monoisotopic (exact) mass is 230 g/mol. The summed E-state index contributed by atoms with van der Waals surface area (Å²) in [5, 5.41) is 0. The molecule has 0 radical (unpaired) electrons. The van der Waals surface area contributed by atoms with Gasteiger partial charge in [0.2, 0.25) is 0 Å². The molecule has 0 saturated carbocycles. The van der Waals surface area contributed by atoms with Crippen molar-refractivity contribution >= 4 is 12.2 Å². The highest BCUT2D eigenvalue weighted by atomic mass is 16.5. The predicted octanol–water partition coefficient (Wildman–Crippen LogP) is 4.71. The lowest BCUT2D eigenvalue weighted by Crippen LogP contribution is -1.98. The summed E-state index contributed by atoms with van der Waals surface area (Å²) in [5.41, 5.74) is 3.69. The molecule has 0 N–H and O–H groups in total. The fourth-order valence-electron chi connectivity index (χ4n) is 1.89. The van der Waals surface area contributed by atoms with Crippen LogP contribution in [0.15, 0.2) is 24.8 Å². The van der Waals surface area contributed by atoms with Crippen molar-refractivity contribution in [2.24, 2.45) is 0 Å². The molecule has 0 fully saturated rings. The minimum atomic E-state index is 0.684. The van der Waals surface area contributed by atoms with Crippen LogP contribution in [0.25, 0.3) is 12.2 Å². The van der Waals surface area contributed by atoms with E-state index in [9.17, 15) is 0 Å². The standard InChI is InChI=1S/C16H22O/c1-5-9-10-15-13(6-2)11-12-16(17-8-4)14(15)7-3/h7,9-12H,3,5-6,8H2,1-2,4H3/b10-9-. The first-order chi connectivity index (χ1) is 8.28. The van der Waals surface area contributed by atoms with Crippen molar-refractivity contribution < 1.29 is 4.74 Å². The lowest BCUT2D eigenvalue weighted by Gasteiger charge is -2.13. The molecule has 17 heavy (non-hydrogen) atoms. The number of benzene rings is 1. The molecule has 1 aromatic rings. The van der Waals surface area contributed by atoms with Crippen molar-refractivity contribution in [2.75, 3.05) is 6.61 Å². The molecule has 0 saturated heterocycles. The van der Waals surface area contributed by atoms with E-state index in [-0.39, 0.29) is 0 Å². The first-order valence-electron chi connectivity index (χ1n) is 6.36. The molecule has 0 amide bonds. The van der Waals surface area contributed by atoms with Crippen LogP contribution in [0.1, 0.15) is 43.9 Å². The van der Waals surface area contributed by atoms with Gasteiger partial charge in [0, 0.05) is 5.56 Å². The van der Waals surface area contributed by atoms with E-state index < -0.39 is 0 Å². The van der Waals surface area contributed by atoms with Gasteiger partial charge in [-0.3, -0.25) is 0 Å². The number of allylic oxidation sites excluding steroid dienone is 1. The van der Waals surface area contributed by atoms with Gasteiger partial charge in [0.05, 0.1) is 6.61 Å². The molecular weight excluding hydrogens is 208 g/mol. The molecule has 0 atom stereocenters. The van der Waals surface area contributed by atoms with Crippen molar-refractivity contribution in [2.45, 2.75) is 33.6 Å². The van der Waals surface area contributed by atoms with Crippen LogP contribution in [0.2, 0.25) is 0 Å². The molecule has 1 rings (SSSR count). The van der Waals surface area contributed by atoms with Gasteiger partial charge in [-0.25, -0.2) is 0 Å². The molecular formula is C16H22O.